The van der Waals surface area contributed by atoms with Crippen LogP contribution in [0.2, 0.25) is 5.02 Å². The SMILES string of the molecule is CC[C@H](C)Oc1ccc(/N=c2\[nH]c(=O)n(C[C@H](C)C(=O)O)c(=O)n2Cc2ccc(Cl)cc2)cc1C. The Bertz CT molecular complexity index is 1390. The molecule has 0 spiro atoms. The Morgan fingerprint density at radius 2 is 1.83 bits per heavy atom. The Hall–Kier alpha value is -3.59. The molecule has 2 atom stereocenters. The van der Waals surface area contributed by atoms with Crippen LogP contribution in [0.5, 0.6) is 5.75 Å². The first-order valence-electron chi connectivity index (χ1n) is 11.3. The number of aromatic nitrogens is 3. The molecule has 0 amide bonds. The van der Waals surface area contributed by atoms with E-state index in [2.05, 4.69) is 9.98 Å². The van der Waals surface area contributed by atoms with Gasteiger partial charge in [-0.05, 0) is 61.7 Å². The fourth-order valence-electron chi connectivity index (χ4n) is 3.33. The number of nitrogens with one attached hydrogen (secondary N) is 1. The number of halogens is 1. The lowest BCUT2D eigenvalue weighted by atomic mass is 10.2. The highest BCUT2D eigenvalue weighted by molar-refractivity contribution is 6.30. The molecule has 35 heavy (non-hydrogen) atoms. The Morgan fingerprint density at radius 1 is 1.14 bits per heavy atom. The topological polar surface area (TPSA) is 119 Å². The maximum atomic E-state index is 13.3. The third-order valence-electron chi connectivity index (χ3n) is 5.61. The molecule has 0 unspecified atom stereocenters. The van der Waals surface area contributed by atoms with Crippen molar-refractivity contribution in [1.82, 2.24) is 14.1 Å². The van der Waals surface area contributed by atoms with Gasteiger partial charge in [-0.25, -0.2) is 19.1 Å². The standard InChI is InChI=1S/C25H29ClN4O5/c1-5-17(4)35-21-11-10-20(12-15(21)2)27-23-28-24(33)30(13-16(3)22(31)32)25(34)29(23)14-18-6-8-19(26)9-7-18/h6-12,16-17H,5,13-14H2,1-4H3,(H,31,32)(H,27,28,33)/t16-,17-/m0/s1. The normalized spacial score (nSPS) is 13.5. The summed E-state index contributed by atoms with van der Waals surface area (Å²) in [6.45, 7) is 7.18. The lowest BCUT2D eigenvalue weighted by molar-refractivity contribution is -0.141. The lowest BCUT2D eigenvalue weighted by Crippen LogP contribution is -2.51. The van der Waals surface area contributed by atoms with Gasteiger partial charge in [0, 0.05) is 11.6 Å². The van der Waals surface area contributed by atoms with Gasteiger partial charge in [0.05, 0.1) is 24.3 Å². The first-order chi connectivity index (χ1) is 16.6. The number of benzene rings is 2. The molecule has 0 saturated carbocycles. The van der Waals surface area contributed by atoms with E-state index in [9.17, 15) is 19.5 Å². The van der Waals surface area contributed by atoms with Crippen molar-refractivity contribution in [1.29, 1.82) is 0 Å². The van der Waals surface area contributed by atoms with Crippen LogP contribution in [0, 0.1) is 12.8 Å². The number of aromatic amines is 1. The van der Waals surface area contributed by atoms with Crippen molar-refractivity contribution in [2.24, 2.45) is 10.9 Å². The van der Waals surface area contributed by atoms with E-state index < -0.39 is 23.3 Å². The first kappa shape index (κ1) is 26.0. The van der Waals surface area contributed by atoms with Gasteiger partial charge in [-0.3, -0.25) is 14.3 Å². The van der Waals surface area contributed by atoms with Crippen LogP contribution in [-0.2, 0) is 17.9 Å². The predicted octanol–water partition coefficient (Wildman–Crippen LogP) is 3.48. The molecule has 3 aromatic rings. The highest BCUT2D eigenvalue weighted by Crippen LogP contribution is 2.24. The number of rotatable bonds is 9. The zero-order valence-electron chi connectivity index (χ0n) is 20.1. The number of carbonyl (C=O) groups is 1. The second-order valence-electron chi connectivity index (χ2n) is 8.50. The number of hydrogen-bond acceptors (Lipinski definition) is 5. The molecule has 0 fully saturated rings. The van der Waals surface area contributed by atoms with Crippen LogP contribution in [0.3, 0.4) is 0 Å². The van der Waals surface area contributed by atoms with Crippen LogP contribution in [0.1, 0.15) is 38.3 Å². The molecule has 186 valence electrons. The molecule has 0 aliphatic heterocycles. The van der Waals surface area contributed by atoms with E-state index in [0.717, 1.165) is 27.9 Å². The summed E-state index contributed by atoms with van der Waals surface area (Å²) in [5.74, 6) is -1.30. The van der Waals surface area contributed by atoms with Crippen LogP contribution in [0.4, 0.5) is 5.69 Å². The van der Waals surface area contributed by atoms with E-state index in [1.54, 1.807) is 42.5 Å². The van der Waals surface area contributed by atoms with Crippen LogP contribution >= 0.6 is 11.6 Å². The molecule has 1 heterocycles. The minimum atomic E-state index is -1.11. The monoisotopic (exact) mass is 500 g/mol. The van der Waals surface area contributed by atoms with Gasteiger partial charge in [-0.15, -0.1) is 0 Å². The Labute approximate surface area is 207 Å². The molecule has 10 heteroatoms. The molecule has 0 radical (unpaired) electrons. The van der Waals surface area contributed by atoms with Crippen molar-refractivity contribution in [3.05, 3.63) is 85.2 Å². The minimum absolute atomic E-state index is 0.0455. The molecule has 3 rings (SSSR count). The van der Waals surface area contributed by atoms with Crippen molar-refractivity contribution < 1.29 is 14.6 Å². The summed E-state index contributed by atoms with van der Waals surface area (Å²) in [4.78, 5) is 44.5. The molecule has 0 bridgehead atoms. The Morgan fingerprint density at radius 3 is 2.43 bits per heavy atom. The maximum Gasteiger partial charge on any atom is 0.335 e. The van der Waals surface area contributed by atoms with E-state index in [0.29, 0.717) is 10.7 Å². The number of hydrogen-bond donors (Lipinski definition) is 2. The molecular weight excluding hydrogens is 472 g/mol. The van der Waals surface area contributed by atoms with Gasteiger partial charge in [-0.2, -0.15) is 0 Å². The summed E-state index contributed by atoms with van der Waals surface area (Å²) >= 11 is 5.98. The number of carboxylic acid groups (broad SMARTS) is 1. The molecule has 2 aromatic carbocycles. The minimum Gasteiger partial charge on any atom is -0.490 e. The third-order valence-corrected chi connectivity index (χ3v) is 5.86. The second-order valence-corrected chi connectivity index (χ2v) is 8.93. The van der Waals surface area contributed by atoms with Gasteiger partial charge in [0.1, 0.15) is 5.75 Å². The molecular formula is C25H29ClN4O5. The van der Waals surface area contributed by atoms with Crippen LogP contribution in [0.15, 0.2) is 57.0 Å². The van der Waals surface area contributed by atoms with Gasteiger partial charge in [0.15, 0.2) is 0 Å². The fourth-order valence-corrected chi connectivity index (χ4v) is 3.45. The molecule has 0 aliphatic rings. The van der Waals surface area contributed by atoms with E-state index in [1.807, 2.05) is 20.8 Å². The summed E-state index contributed by atoms with van der Waals surface area (Å²) in [6, 6.07) is 12.3. The first-order valence-corrected chi connectivity index (χ1v) is 11.7. The summed E-state index contributed by atoms with van der Waals surface area (Å²) in [6.07, 6.45) is 0.934. The van der Waals surface area contributed by atoms with Gasteiger partial charge < -0.3 is 9.84 Å². The molecule has 1 aromatic heterocycles. The highest BCUT2D eigenvalue weighted by atomic mass is 35.5. The highest BCUT2D eigenvalue weighted by Gasteiger charge is 2.17. The maximum absolute atomic E-state index is 13.3. The third kappa shape index (κ3) is 6.51. The largest absolute Gasteiger partial charge is 0.490 e. The summed E-state index contributed by atoms with van der Waals surface area (Å²) in [7, 11) is 0. The molecule has 0 saturated heterocycles. The average Bonchev–Trinajstić information content (AvgIpc) is 2.81. The molecule has 0 aliphatic carbocycles. The van der Waals surface area contributed by atoms with Crippen LogP contribution in [0.25, 0.3) is 0 Å². The van der Waals surface area contributed by atoms with E-state index in [4.69, 9.17) is 16.3 Å². The van der Waals surface area contributed by atoms with Gasteiger partial charge >= 0.3 is 17.3 Å². The number of H-pyrrole nitrogens is 1. The van der Waals surface area contributed by atoms with Crippen LogP contribution in [-0.4, -0.2) is 31.3 Å². The van der Waals surface area contributed by atoms with Gasteiger partial charge in [0.25, 0.3) is 0 Å². The van der Waals surface area contributed by atoms with E-state index in [1.165, 1.54) is 11.5 Å². The van der Waals surface area contributed by atoms with Crippen LogP contribution < -0.4 is 21.7 Å². The van der Waals surface area contributed by atoms with E-state index >= 15 is 0 Å². The molecule has 9 nitrogen and oxygen atoms in total. The van der Waals surface area contributed by atoms with Gasteiger partial charge in [-0.1, -0.05) is 37.6 Å². The van der Waals surface area contributed by atoms with Crippen molar-refractivity contribution >= 4 is 23.3 Å². The van der Waals surface area contributed by atoms with Crippen molar-refractivity contribution in [2.75, 3.05) is 0 Å². The number of carboxylic acids is 1. The zero-order valence-corrected chi connectivity index (χ0v) is 20.9. The number of nitrogens with zero attached hydrogens (tertiary/aromatic N) is 3. The lowest BCUT2D eigenvalue weighted by Gasteiger charge is -2.15. The number of aryl methyl sites for hydroxylation is 1. The van der Waals surface area contributed by atoms with Crippen molar-refractivity contribution in [3.63, 3.8) is 0 Å². The van der Waals surface area contributed by atoms with Gasteiger partial charge in [0.2, 0.25) is 5.62 Å². The second kappa shape index (κ2) is 11.2. The molecule has 2 N–H and O–H groups in total. The summed E-state index contributed by atoms with van der Waals surface area (Å²) in [5.41, 5.74) is 0.791. The quantitative estimate of drug-likeness (QED) is 0.466. The van der Waals surface area contributed by atoms with E-state index in [-0.39, 0.29) is 24.8 Å². The van der Waals surface area contributed by atoms with Crippen molar-refractivity contribution in [2.45, 2.75) is 53.3 Å². The summed E-state index contributed by atoms with van der Waals surface area (Å²) in [5, 5.41) is 9.80. The zero-order chi connectivity index (χ0) is 25.7. The average molecular weight is 501 g/mol. The fraction of sp³-hybridized carbons (Fsp3) is 0.360. The summed E-state index contributed by atoms with van der Waals surface area (Å²) < 4.78 is 8.09. The Kier molecular flexibility index (Phi) is 8.34. The smallest absolute Gasteiger partial charge is 0.335 e. The predicted molar refractivity (Wildman–Crippen MR) is 133 cm³/mol. The Balaban J connectivity index is 2.13. The van der Waals surface area contributed by atoms with Crippen molar-refractivity contribution in [3.8, 4) is 5.75 Å². The number of aliphatic carboxylic acids is 1. The number of ether oxygens (including phenoxy) is 1.